The molecule has 0 aliphatic rings. The third kappa shape index (κ3) is 3.43. The number of para-hydroxylation sites is 2. The summed E-state index contributed by atoms with van der Waals surface area (Å²) in [6, 6.07) is 13.3. The zero-order valence-electron chi connectivity index (χ0n) is 14.7. The first-order valence-corrected chi connectivity index (χ1v) is 9.36. The van der Waals surface area contributed by atoms with Crippen LogP contribution in [0, 0.1) is 18.3 Å². The van der Waals surface area contributed by atoms with E-state index in [4.69, 9.17) is 15.7 Å². The van der Waals surface area contributed by atoms with Crippen molar-refractivity contribution >= 4 is 21.5 Å². The van der Waals surface area contributed by atoms with E-state index < -0.39 is 10.0 Å². The summed E-state index contributed by atoms with van der Waals surface area (Å²) in [4.78, 5) is 0.129. The molecule has 138 valence electrons. The quantitative estimate of drug-likeness (QED) is 0.697. The molecule has 0 bridgehead atoms. The number of ether oxygens (including phenoxy) is 1. The van der Waals surface area contributed by atoms with Gasteiger partial charge in [0, 0.05) is 0 Å². The topological polar surface area (TPSA) is 123 Å². The molecule has 3 rings (SSSR count). The molecular formula is C18H17N5O3S. The summed E-state index contributed by atoms with van der Waals surface area (Å²) in [6.07, 6.45) is 1.33. The number of hydrogen-bond acceptors (Lipinski definition) is 6. The minimum absolute atomic E-state index is 0.129. The Bertz CT molecular complexity index is 1150. The largest absolute Gasteiger partial charge is 0.497 e. The van der Waals surface area contributed by atoms with Gasteiger partial charge in [-0.05, 0) is 42.8 Å². The lowest BCUT2D eigenvalue weighted by molar-refractivity contribution is 0.414. The van der Waals surface area contributed by atoms with Crippen LogP contribution in [-0.2, 0) is 10.0 Å². The van der Waals surface area contributed by atoms with E-state index >= 15 is 0 Å². The van der Waals surface area contributed by atoms with Crippen molar-refractivity contribution < 1.29 is 13.2 Å². The first-order chi connectivity index (χ1) is 12.9. The lowest BCUT2D eigenvalue weighted by Crippen LogP contribution is -2.16. The van der Waals surface area contributed by atoms with E-state index in [1.165, 1.54) is 24.1 Å². The van der Waals surface area contributed by atoms with Gasteiger partial charge in [-0.3, -0.25) is 4.72 Å². The number of rotatable bonds is 5. The summed E-state index contributed by atoms with van der Waals surface area (Å²) in [6.45, 7) is 1.69. The number of nitrogen functional groups attached to an aromatic ring is 1. The molecule has 0 aliphatic heterocycles. The number of nitrogens with one attached hydrogen (secondary N) is 1. The van der Waals surface area contributed by atoms with Crippen molar-refractivity contribution in [2.45, 2.75) is 11.8 Å². The van der Waals surface area contributed by atoms with Gasteiger partial charge in [0.15, 0.2) is 0 Å². The Labute approximate surface area is 156 Å². The molecule has 0 saturated carbocycles. The van der Waals surface area contributed by atoms with Crippen LogP contribution in [-0.4, -0.2) is 25.3 Å². The zero-order chi connectivity index (χ0) is 19.6. The number of hydrogen-bond donors (Lipinski definition) is 2. The number of methoxy groups -OCH3 is 1. The fraction of sp³-hybridized carbons (Fsp3) is 0.111. The molecule has 0 fully saturated rings. The predicted octanol–water partition coefficient (Wildman–Crippen LogP) is 2.44. The Morgan fingerprint density at radius 2 is 2.00 bits per heavy atom. The van der Waals surface area contributed by atoms with Crippen molar-refractivity contribution in [2.24, 2.45) is 0 Å². The molecule has 1 aromatic heterocycles. The molecule has 9 heteroatoms. The Morgan fingerprint density at radius 1 is 1.26 bits per heavy atom. The minimum Gasteiger partial charge on any atom is -0.497 e. The molecule has 8 nitrogen and oxygen atoms in total. The average Bonchev–Trinajstić information content (AvgIpc) is 3.02. The van der Waals surface area contributed by atoms with E-state index in [0.717, 1.165) is 0 Å². The molecule has 0 aliphatic carbocycles. The Morgan fingerprint density at radius 3 is 2.63 bits per heavy atom. The summed E-state index contributed by atoms with van der Waals surface area (Å²) in [5.74, 6) is 0.699. The van der Waals surface area contributed by atoms with Crippen LogP contribution in [0.2, 0.25) is 0 Å². The first-order valence-electron chi connectivity index (χ1n) is 7.88. The smallest absolute Gasteiger partial charge is 0.262 e. The fourth-order valence-corrected chi connectivity index (χ4v) is 3.93. The van der Waals surface area contributed by atoms with Crippen LogP contribution in [0.4, 0.5) is 11.5 Å². The number of aromatic nitrogens is 2. The lowest BCUT2D eigenvalue weighted by atomic mass is 10.2. The van der Waals surface area contributed by atoms with Crippen LogP contribution >= 0.6 is 0 Å². The van der Waals surface area contributed by atoms with Crippen molar-refractivity contribution in [3.63, 3.8) is 0 Å². The normalized spacial score (nSPS) is 11.0. The molecule has 2 aromatic carbocycles. The standard InChI is InChI=1S/C18H17N5O3S/c1-12-9-14(26-2)7-8-17(12)27(24,25)22-15-5-3-4-6-16(15)23-18(20)13(10-19)11-21-23/h3-9,11,22H,20H2,1-2H3. The monoisotopic (exact) mass is 383 g/mol. The zero-order valence-corrected chi connectivity index (χ0v) is 15.5. The fourth-order valence-electron chi connectivity index (χ4n) is 2.63. The first kappa shape index (κ1) is 18.3. The van der Waals surface area contributed by atoms with Crippen molar-refractivity contribution in [2.75, 3.05) is 17.6 Å². The Kier molecular flexibility index (Phi) is 4.75. The molecule has 0 unspecified atom stereocenters. The van der Waals surface area contributed by atoms with Gasteiger partial charge < -0.3 is 10.5 Å². The Balaban J connectivity index is 2.04. The second-order valence-corrected chi connectivity index (χ2v) is 7.37. The molecule has 0 amide bonds. The molecule has 3 N–H and O–H groups in total. The lowest BCUT2D eigenvalue weighted by Gasteiger charge is -2.15. The molecule has 27 heavy (non-hydrogen) atoms. The molecule has 0 radical (unpaired) electrons. The maximum atomic E-state index is 12.9. The second kappa shape index (κ2) is 7.01. The number of sulfonamides is 1. The highest BCUT2D eigenvalue weighted by Crippen LogP contribution is 2.28. The summed E-state index contributed by atoms with van der Waals surface area (Å²) < 4.78 is 34.8. The van der Waals surface area contributed by atoms with E-state index in [-0.39, 0.29) is 22.0 Å². The van der Waals surface area contributed by atoms with Crippen LogP contribution in [0.5, 0.6) is 5.75 Å². The molecule has 3 aromatic rings. The Hall–Kier alpha value is -3.51. The van der Waals surface area contributed by atoms with Crippen LogP contribution in [0.15, 0.2) is 53.6 Å². The van der Waals surface area contributed by atoms with Crippen molar-refractivity contribution in [3.05, 3.63) is 59.8 Å². The van der Waals surface area contributed by atoms with Crippen molar-refractivity contribution in [1.82, 2.24) is 9.78 Å². The van der Waals surface area contributed by atoms with Gasteiger partial charge in [-0.15, -0.1) is 0 Å². The second-order valence-electron chi connectivity index (χ2n) is 5.72. The molecule has 0 atom stereocenters. The van der Waals surface area contributed by atoms with Crippen LogP contribution in [0.1, 0.15) is 11.1 Å². The van der Waals surface area contributed by atoms with Crippen LogP contribution in [0.3, 0.4) is 0 Å². The molecular weight excluding hydrogens is 366 g/mol. The maximum absolute atomic E-state index is 12.9. The molecule has 1 heterocycles. The average molecular weight is 383 g/mol. The van der Waals surface area contributed by atoms with Gasteiger partial charge >= 0.3 is 0 Å². The van der Waals surface area contributed by atoms with Crippen LogP contribution < -0.4 is 15.2 Å². The summed E-state index contributed by atoms with van der Waals surface area (Å²) in [7, 11) is -2.35. The van der Waals surface area contributed by atoms with E-state index in [0.29, 0.717) is 17.0 Å². The highest BCUT2D eigenvalue weighted by Gasteiger charge is 2.20. The summed E-state index contributed by atoms with van der Waals surface area (Å²) >= 11 is 0. The van der Waals surface area contributed by atoms with E-state index in [2.05, 4.69) is 9.82 Å². The van der Waals surface area contributed by atoms with Gasteiger partial charge in [0.1, 0.15) is 23.2 Å². The third-order valence-electron chi connectivity index (χ3n) is 3.98. The number of anilines is 2. The number of nitrogens with two attached hydrogens (primary N) is 1. The summed E-state index contributed by atoms with van der Waals surface area (Å²) in [5.41, 5.74) is 7.38. The van der Waals surface area contributed by atoms with Crippen LogP contribution in [0.25, 0.3) is 5.69 Å². The van der Waals surface area contributed by atoms with Gasteiger partial charge in [0.25, 0.3) is 10.0 Å². The van der Waals surface area contributed by atoms with Gasteiger partial charge in [-0.25, -0.2) is 13.1 Å². The van der Waals surface area contributed by atoms with Gasteiger partial charge in [0.2, 0.25) is 0 Å². The molecule has 0 saturated heterocycles. The van der Waals surface area contributed by atoms with Gasteiger partial charge in [0.05, 0.1) is 29.6 Å². The van der Waals surface area contributed by atoms with Crippen molar-refractivity contribution in [1.29, 1.82) is 5.26 Å². The number of nitriles is 1. The summed E-state index contributed by atoms with van der Waals surface area (Å²) in [5, 5.41) is 13.1. The number of nitrogens with zero attached hydrogens (tertiary/aromatic N) is 3. The maximum Gasteiger partial charge on any atom is 0.262 e. The van der Waals surface area contributed by atoms with Gasteiger partial charge in [-0.2, -0.15) is 10.4 Å². The van der Waals surface area contributed by atoms with Gasteiger partial charge in [-0.1, -0.05) is 12.1 Å². The predicted molar refractivity (Wildman–Crippen MR) is 101 cm³/mol. The number of benzene rings is 2. The highest BCUT2D eigenvalue weighted by molar-refractivity contribution is 7.92. The number of aryl methyl sites for hydroxylation is 1. The third-order valence-corrected chi connectivity index (χ3v) is 5.50. The molecule has 0 spiro atoms. The minimum atomic E-state index is -3.86. The van der Waals surface area contributed by atoms with E-state index in [1.807, 2.05) is 6.07 Å². The highest BCUT2D eigenvalue weighted by atomic mass is 32.2. The SMILES string of the molecule is COc1ccc(S(=O)(=O)Nc2ccccc2-n2ncc(C#N)c2N)c(C)c1. The van der Waals surface area contributed by atoms with E-state index in [1.54, 1.807) is 43.3 Å². The van der Waals surface area contributed by atoms with Crippen molar-refractivity contribution in [3.8, 4) is 17.5 Å². The van der Waals surface area contributed by atoms with E-state index in [9.17, 15) is 8.42 Å².